The molecule has 5 heteroatoms. The zero-order valence-electron chi connectivity index (χ0n) is 11.7. The van der Waals surface area contributed by atoms with Crippen LogP contribution in [0.4, 0.5) is 5.69 Å². The summed E-state index contributed by atoms with van der Waals surface area (Å²) < 4.78 is 5.07. The third-order valence-electron chi connectivity index (χ3n) is 3.52. The van der Waals surface area contributed by atoms with Crippen LogP contribution in [-0.2, 0) is 0 Å². The summed E-state index contributed by atoms with van der Waals surface area (Å²) in [6, 6.07) is 5.71. The van der Waals surface area contributed by atoms with E-state index in [-0.39, 0.29) is 5.41 Å². The summed E-state index contributed by atoms with van der Waals surface area (Å²) in [6.07, 6.45) is 1.01. The highest BCUT2D eigenvalue weighted by Crippen LogP contribution is 2.23. The van der Waals surface area contributed by atoms with Crippen LogP contribution in [0.1, 0.15) is 20.3 Å². The number of hydrogen-bond donors (Lipinski definition) is 2. The van der Waals surface area contributed by atoms with Crippen LogP contribution < -0.4 is 16.4 Å². The molecule has 5 nitrogen and oxygen atoms in total. The fourth-order valence-electron chi connectivity index (χ4n) is 1.87. The van der Waals surface area contributed by atoms with Gasteiger partial charge in [-0.3, -0.25) is 4.98 Å². The molecule has 19 heavy (non-hydrogen) atoms. The summed E-state index contributed by atoms with van der Waals surface area (Å²) in [5.74, 6) is -0.418. The molecule has 1 aromatic carbocycles. The number of fused-ring (bicyclic) bond motifs is 1. The molecule has 0 atom stereocenters. The van der Waals surface area contributed by atoms with Gasteiger partial charge in [-0.15, -0.1) is 0 Å². The summed E-state index contributed by atoms with van der Waals surface area (Å²) in [7, 11) is 2.03. The van der Waals surface area contributed by atoms with Crippen molar-refractivity contribution in [3.63, 3.8) is 0 Å². The normalized spacial score (nSPS) is 12.0. The van der Waals surface area contributed by atoms with E-state index in [0.717, 1.165) is 24.2 Å². The van der Waals surface area contributed by atoms with Crippen molar-refractivity contribution in [1.29, 1.82) is 0 Å². The van der Waals surface area contributed by atoms with Gasteiger partial charge in [-0.05, 0) is 30.5 Å². The number of nitrogens with two attached hydrogens (primary N) is 1. The zero-order valence-corrected chi connectivity index (χ0v) is 11.7. The van der Waals surface area contributed by atoms with Crippen LogP contribution in [0.5, 0.6) is 0 Å². The SMILES string of the molecule is CN(CCC(C)(C)CN)c1ccc2[nH]c(=O)oc2c1. The van der Waals surface area contributed by atoms with Crippen molar-refractivity contribution < 1.29 is 4.42 Å². The summed E-state index contributed by atoms with van der Waals surface area (Å²) in [5, 5.41) is 0. The van der Waals surface area contributed by atoms with Gasteiger partial charge in [0.1, 0.15) is 0 Å². The predicted molar refractivity (Wildman–Crippen MR) is 77.6 cm³/mol. The van der Waals surface area contributed by atoms with E-state index in [1.165, 1.54) is 0 Å². The maximum Gasteiger partial charge on any atom is 0.417 e. The van der Waals surface area contributed by atoms with E-state index < -0.39 is 5.76 Å². The Bertz CT molecular complexity index is 612. The molecule has 2 rings (SSSR count). The molecule has 2 aromatic rings. The van der Waals surface area contributed by atoms with E-state index in [9.17, 15) is 4.79 Å². The fraction of sp³-hybridized carbons (Fsp3) is 0.500. The minimum atomic E-state index is -0.418. The average Bonchev–Trinajstić information content (AvgIpc) is 2.75. The molecule has 1 heterocycles. The number of H-pyrrole nitrogens is 1. The first kappa shape index (κ1) is 13.7. The molecule has 0 saturated heterocycles. The molecule has 0 aliphatic carbocycles. The summed E-state index contributed by atoms with van der Waals surface area (Å²) in [5.41, 5.74) is 8.22. The number of benzene rings is 1. The Kier molecular flexibility index (Phi) is 3.66. The van der Waals surface area contributed by atoms with E-state index in [1.54, 1.807) is 0 Å². The standard InChI is InChI=1S/C14H21N3O2/c1-14(2,9-15)6-7-17(3)10-4-5-11-12(8-10)19-13(18)16-11/h4-5,8H,6-7,9,15H2,1-3H3,(H,16,18). The number of nitrogens with zero attached hydrogens (tertiary/aromatic N) is 1. The molecule has 3 N–H and O–H groups in total. The monoisotopic (exact) mass is 263 g/mol. The van der Waals surface area contributed by atoms with Gasteiger partial charge in [-0.1, -0.05) is 13.8 Å². The Morgan fingerprint density at radius 2 is 2.16 bits per heavy atom. The molecule has 0 aliphatic heterocycles. The van der Waals surface area contributed by atoms with E-state index >= 15 is 0 Å². The second-order valence-electron chi connectivity index (χ2n) is 5.73. The van der Waals surface area contributed by atoms with Crippen LogP contribution in [0.3, 0.4) is 0 Å². The molecular formula is C14H21N3O2. The number of aromatic nitrogens is 1. The van der Waals surface area contributed by atoms with E-state index in [2.05, 4.69) is 23.7 Å². The number of hydrogen-bond acceptors (Lipinski definition) is 4. The fourth-order valence-corrected chi connectivity index (χ4v) is 1.87. The van der Waals surface area contributed by atoms with Crippen molar-refractivity contribution in [3.05, 3.63) is 28.7 Å². The minimum Gasteiger partial charge on any atom is -0.408 e. The molecule has 104 valence electrons. The van der Waals surface area contributed by atoms with E-state index in [1.807, 2.05) is 25.2 Å². The first-order chi connectivity index (χ1) is 8.91. The van der Waals surface area contributed by atoms with Crippen molar-refractivity contribution in [2.45, 2.75) is 20.3 Å². The zero-order chi connectivity index (χ0) is 14.0. The van der Waals surface area contributed by atoms with Crippen molar-refractivity contribution >= 4 is 16.8 Å². The maximum absolute atomic E-state index is 11.1. The number of anilines is 1. The predicted octanol–water partition coefficient (Wildman–Crippen LogP) is 1.93. The van der Waals surface area contributed by atoms with Crippen molar-refractivity contribution in [3.8, 4) is 0 Å². The van der Waals surface area contributed by atoms with Crippen LogP contribution in [0.25, 0.3) is 11.1 Å². The summed E-state index contributed by atoms with van der Waals surface area (Å²) in [4.78, 5) is 15.9. The smallest absolute Gasteiger partial charge is 0.408 e. The molecule has 0 unspecified atom stereocenters. The lowest BCUT2D eigenvalue weighted by Gasteiger charge is -2.27. The Labute approximate surface area is 112 Å². The Balaban J connectivity index is 2.12. The van der Waals surface area contributed by atoms with Gasteiger partial charge >= 0.3 is 5.76 Å². The summed E-state index contributed by atoms with van der Waals surface area (Å²) >= 11 is 0. The van der Waals surface area contributed by atoms with Gasteiger partial charge in [0.2, 0.25) is 0 Å². The van der Waals surface area contributed by atoms with Gasteiger partial charge in [0.25, 0.3) is 0 Å². The van der Waals surface area contributed by atoms with Gasteiger partial charge in [0, 0.05) is 25.3 Å². The summed E-state index contributed by atoms with van der Waals surface area (Å²) in [6.45, 7) is 5.90. The topological polar surface area (TPSA) is 75.3 Å². The van der Waals surface area contributed by atoms with E-state index in [4.69, 9.17) is 10.2 Å². The van der Waals surface area contributed by atoms with Gasteiger partial charge in [0.05, 0.1) is 5.52 Å². The number of aromatic amines is 1. The molecule has 0 fully saturated rings. The van der Waals surface area contributed by atoms with E-state index in [0.29, 0.717) is 12.1 Å². The third kappa shape index (κ3) is 3.17. The third-order valence-corrected chi connectivity index (χ3v) is 3.52. The van der Waals surface area contributed by atoms with Gasteiger partial charge < -0.3 is 15.1 Å². The highest BCUT2D eigenvalue weighted by molar-refractivity contribution is 5.76. The first-order valence-electron chi connectivity index (χ1n) is 6.45. The Morgan fingerprint density at radius 3 is 2.84 bits per heavy atom. The van der Waals surface area contributed by atoms with Crippen LogP contribution >= 0.6 is 0 Å². The van der Waals surface area contributed by atoms with Gasteiger partial charge in [-0.25, -0.2) is 4.79 Å². The molecule has 0 spiro atoms. The molecule has 0 bridgehead atoms. The Hall–Kier alpha value is -1.75. The minimum absolute atomic E-state index is 0.138. The van der Waals surface area contributed by atoms with Crippen molar-refractivity contribution in [2.75, 3.05) is 25.0 Å². The lowest BCUT2D eigenvalue weighted by atomic mass is 9.89. The number of nitrogens with one attached hydrogen (secondary N) is 1. The lowest BCUT2D eigenvalue weighted by molar-refractivity contribution is 0.351. The second-order valence-corrected chi connectivity index (χ2v) is 5.73. The van der Waals surface area contributed by atoms with Gasteiger partial charge in [-0.2, -0.15) is 0 Å². The molecule has 1 aromatic heterocycles. The van der Waals surface area contributed by atoms with Crippen molar-refractivity contribution in [1.82, 2.24) is 4.98 Å². The maximum atomic E-state index is 11.1. The highest BCUT2D eigenvalue weighted by Gasteiger charge is 2.16. The first-order valence-corrected chi connectivity index (χ1v) is 6.45. The average molecular weight is 263 g/mol. The van der Waals surface area contributed by atoms with Crippen LogP contribution in [-0.4, -0.2) is 25.1 Å². The van der Waals surface area contributed by atoms with Crippen LogP contribution in [0.15, 0.2) is 27.4 Å². The quantitative estimate of drug-likeness (QED) is 0.864. The van der Waals surface area contributed by atoms with Crippen LogP contribution in [0.2, 0.25) is 0 Å². The van der Waals surface area contributed by atoms with Gasteiger partial charge in [0.15, 0.2) is 5.58 Å². The Morgan fingerprint density at radius 1 is 1.42 bits per heavy atom. The molecule has 0 saturated carbocycles. The molecule has 0 radical (unpaired) electrons. The molecule has 0 aliphatic rings. The molecular weight excluding hydrogens is 242 g/mol. The van der Waals surface area contributed by atoms with Crippen LogP contribution in [0, 0.1) is 5.41 Å². The molecule has 0 amide bonds. The second kappa shape index (κ2) is 5.09. The highest BCUT2D eigenvalue weighted by atomic mass is 16.4. The largest absolute Gasteiger partial charge is 0.417 e. The lowest BCUT2D eigenvalue weighted by Crippen LogP contribution is -2.29. The number of oxazole rings is 1. The van der Waals surface area contributed by atoms with Crippen molar-refractivity contribution in [2.24, 2.45) is 11.1 Å². The number of rotatable bonds is 5.